The van der Waals surface area contributed by atoms with Gasteiger partial charge in [0.25, 0.3) is 0 Å². The lowest BCUT2D eigenvalue weighted by Gasteiger charge is -2.14. The molecular formula is C17H21NO2. The van der Waals surface area contributed by atoms with Crippen LogP contribution in [0.25, 0.3) is 5.57 Å². The van der Waals surface area contributed by atoms with Crippen LogP contribution < -0.4 is 0 Å². The van der Waals surface area contributed by atoms with Crippen molar-refractivity contribution >= 4 is 11.3 Å². The normalized spacial score (nSPS) is 22.1. The molecule has 1 aromatic carbocycles. The smallest absolute Gasteiger partial charge is 0.0876 e. The molecule has 3 nitrogen and oxygen atoms in total. The number of aliphatic hydroxyl groups is 1. The molecule has 0 spiro atoms. The average Bonchev–Trinajstić information content (AvgIpc) is 3.15. The van der Waals surface area contributed by atoms with E-state index in [0.29, 0.717) is 5.92 Å². The summed E-state index contributed by atoms with van der Waals surface area (Å²) in [5.74, 6) is 0.655. The molecule has 106 valence electrons. The fourth-order valence-electron chi connectivity index (χ4n) is 3.65. The molecular weight excluding hydrogens is 250 g/mol. The molecule has 3 rings (SSSR count). The Balaban J connectivity index is 2.05. The number of allylic oxidation sites excluding steroid dienone is 2. The van der Waals surface area contributed by atoms with Crippen molar-refractivity contribution < 1.29 is 10.3 Å². The van der Waals surface area contributed by atoms with Gasteiger partial charge < -0.3 is 10.3 Å². The van der Waals surface area contributed by atoms with Crippen LogP contribution in [0.4, 0.5) is 0 Å². The van der Waals surface area contributed by atoms with E-state index in [1.54, 1.807) is 0 Å². The van der Waals surface area contributed by atoms with Crippen molar-refractivity contribution in [3.8, 4) is 0 Å². The van der Waals surface area contributed by atoms with E-state index in [9.17, 15) is 10.3 Å². The molecule has 2 aliphatic carbocycles. The maximum atomic E-state index is 9.31. The number of nitrogens with zero attached hydrogens (tertiary/aromatic N) is 1. The summed E-state index contributed by atoms with van der Waals surface area (Å²) < 4.78 is 0. The van der Waals surface area contributed by atoms with Crippen LogP contribution in [0.15, 0.2) is 35.0 Å². The molecule has 1 saturated carbocycles. The van der Waals surface area contributed by atoms with Gasteiger partial charge in [-0.1, -0.05) is 41.8 Å². The summed E-state index contributed by atoms with van der Waals surface area (Å²) in [7, 11) is 0. The number of oxime groups is 1. The van der Waals surface area contributed by atoms with E-state index >= 15 is 0 Å². The Labute approximate surface area is 119 Å². The van der Waals surface area contributed by atoms with E-state index in [2.05, 4.69) is 11.2 Å². The van der Waals surface area contributed by atoms with E-state index in [-0.39, 0.29) is 6.61 Å². The third-order valence-electron chi connectivity index (χ3n) is 4.61. The second-order valence-corrected chi connectivity index (χ2v) is 5.79. The highest BCUT2D eigenvalue weighted by Crippen LogP contribution is 2.42. The van der Waals surface area contributed by atoms with Crippen LogP contribution in [-0.2, 0) is 6.61 Å². The number of hydrogen-bond acceptors (Lipinski definition) is 3. The summed E-state index contributed by atoms with van der Waals surface area (Å²) in [5, 5.41) is 22.1. The molecule has 1 fully saturated rings. The van der Waals surface area contributed by atoms with Crippen LogP contribution in [0.1, 0.15) is 49.7 Å². The Morgan fingerprint density at radius 2 is 1.95 bits per heavy atom. The highest BCUT2D eigenvalue weighted by atomic mass is 16.4. The van der Waals surface area contributed by atoms with E-state index in [4.69, 9.17) is 0 Å². The Hall–Kier alpha value is -1.61. The molecule has 0 bridgehead atoms. The zero-order valence-corrected chi connectivity index (χ0v) is 11.7. The Kier molecular flexibility index (Phi) is 3.88. The van der Waals surface area contributed by atoms with Gasteiger partial charge in [-0.15, -0.1) is 0 Å². The van der Waals surface area contributed by atoms with Gasteiger partial charge in [0.05, 0.1) is 12.3 Å². The van der Waals surface area contributed by atoms with Gasteiger partial charge in [-0.3, -0.25) is 0 Å². The molecule has 0 unspecified atom stereocenters. The van der Waals surface area contributed by atoms with Gasteiger partial charge in [0.15, 0.2) is 0 Å². The topological polar surface area (TPSA) is 52.8 Å². The van der Waals surface area contributed by atoms with Crippen molar-refractivity contribution in [2.24, 2.45) is 11.1 Å². The first-order chi connectivity index (χ1) is 9.83. The van der Waals surface area contributed by atoms with Gasteiger partial charge in [-0.05, 0) is 48.8 Å². The van der Waals surface area contributed by atoms with Crippen LogP contribution in [0.3, 0.4) is 0 Å². The van der Waals surface area contributed by atoms with Crippen LogP contribution in [0.5, 0.6) is 0 Å². The van der Waals surface area contributed by atoms with Crippen molar-refractivity contribution in [3.63, 3.8) is 0 Å². The zero-order valence-electron chi connectivity index (χ0n) is 11.7. The largest absolute Gasteiger partial charge is 0.411 e. The molecule has 1 aromatic rings. The lowest BCUT2D eigenvalue weighted by molar-refractivity contribution is 0.282. The minimum atomic E-state index is 0.0471. The van der Waals surface area contributed by atoms with Crippen molar-refractivity contribution in [1.29, 1.82) is 0 Å². The van der Waals surface area contributed by atoms with Gasteiger partial charge in [-0.2, -0.15) is 0 Å². The summed E-state index contributed by atoms with van der Waals surface area (Å²) in [5.41, 5.74) is 5.40. The van der Waals surface area contributed by atoms with Gasteiger partial charge in [0.1, 0.15) is 0 Å². The SMILES string of the molecule is OCc1cccc(C2=C(C3CCCC3)CC/C2=N/O)c1. The highest BCUT2D eigenvalue weighted by Gasteiger charge is 2.30. The second kappa shape index (κ2) is 5.80. The number of hydrogen-bond donors (Lipinski definition) is 2. The van der Waals surface area contributed by atoms with Crippen LogP contribution in [0.2, 0.25) is 0 Å². The standard InChI is InChI=1S/C17H21NO2/c19-11-12-4-3-7-14(10-12)17-15(8-9-16(17)18-20)13-5-1-2-6-13/h3-4,7,10,13,19-20H,1-2,5-6,8-9,11H2/b18-16-. The molecule has 0 aromatic heterocycles. The second-order valence-electron chi connectivity index (χ2n) is 5.79. The third kappa shape index (κ3) is 2.38. The Morgan fingerprint density at radius 1 is 1.15 bits per heavy atom. The maximum absolute atomic E-state index is 9.31. The summed E-state index contributed by atoms with van der Waals surface area (Å²) in [6.45, 7) is 0.0471. The zero-order chi connectivity index (χ0) is 13.9. The lowest BCUT2D eigenvalue weighted by atomic mass is 9.90. The summed E-state index contributed by atoms with van der Waals surface area (Å²) >= 11 is 0. The minimum Gasteiger partial charge on any atom is -0.411 e. The van der Waals surface area contributed by atoms with Crippen molar-refractivity contribution in [1.82, 2.24) is 0 Å². The molecule has 0 atom stereocenters. The molecule has 20 heavy (non-hydrogen) atoms. The fraction of sp³-hybridized carbons (Fsp3) is 0.471. The first-order valence-corrected chi connectivity index (χ1v) is 7.48. The molecule has 0 saturated heterocycles. The van der Waals surface area contributed by atoms with E-state index in [0.717, 1.165) is 35.3 Å². The lowest BCUT2D eigenvalue weighted by Crippen LogP contribution is -2.02. The van der Waals surface area contributed by atoms with Crippen LogP contribution in [-0.4, -0.2) is 16.0 Å². The third-order valence-corrected chi connectivity index (χ3v) is 4.61. The number of rotatable bonds is 3. The predicted octanol–water partition coefficient (Wildman–Crippen LogP) is 3.75. The van der Waals surface area contributed by atoms with Crippen molar-refractivity contribution in [3.05, 3.63) is 41.0 Å². The van der Waals surface area contributed by atoms with E-state index in [1.165, 1.54) is 31.3 Å². The summed E-state index contributed by atoms with van der Waals surface area (Å²) in [6.07, 6.45) is 6.99. The van der Waals surface area contributed by atoms with Gasteiger partial charge in [0, 0.05) is 5.57 Å². The molecule has 0 heterocycles. The monoisotopic (exact) mass is 271 g/mol. The summed E-state index contributed by atoms with van der Waals surface area (Å²) in [6, 6.07) is 7.96. The molecule has 3 heteroatoms. The molecule has 0 radical (unpaired) electrons. The maximum Gasteiger partial charge on any atom is 0.0876 e. The number of benzene rings is 1. The molecule has 2 N–H and O–H groups in total. The molecule has 0 aliphatic heterocycles. The van der Waals surface area contributed by atoms with Crippen molar-refractivity contribution in [2.45, 2.75) is 45.1 Å². The van der Waals surface area contributed by atoms with Gasteiger partial charge in [-0.25, -0.2) is 0 Å². The van der Waals surface area contributed by atoms with Crippen molar-refractivity contribution in [2.75, 3.05) is 0 Å². The fourth-order valence-corrected chi connectivity index (χ4v) is 3.65. The highest BCUT2D eigenvalue weighted by molar-refractivity contribution is 6.26. The summed E-state index contributed by atoms with van der Waals surface area (Å²) in [4.78, 5) is 0. The molecule has 2 aliphatic rings. The molecule has 0 amide bonds. The number of aliphatic hydroxyl groups excluding tert-OH is 1. The van der Waals surface area contributed by atoms with Gasteiger partial charge >= 0.3 is 0 Å². The van der Waals surface area contributed by atoms with E-state index < -0.39 is 0 Å². The average molecular weight is 271 g/mol. The van der Waals surface area contributed by atoms with Crippen LogP contribution >= 0.6 is 0 Å². The Morgan fingerprint density at radius 3 is 2.65 bits per heavy atom. The van der Waals surface area contributed by atoms with E-state index in [1.807, 2.05) is 18.2 Å². The first-order valence-electron chi connectivity index (χ1n) is 7.48. The van der Waals surface area contributed by atoms with Crippen LogP contribution in [0, 0.1) is 5.92 Å². The quantitative estimate of drug-likeness (QED) is 0.650. The minimum absolute atomic E-state index is 0.0471. The predicted molar refractivity (Wildman–Crippen MR) is 79.7 cm³/mol. The van der Waals surface area contributed by atoms with Gasteiger partial charge in [0.2, 0.25) is 0 Å². The Bertz CT molecular complexity index is 554. The first kappa shape index (κ1) is 13.4.